The molecule has 0 aliphatic rings. The molecule has 2 N–H and O–H groups in total. The highest BCUT2D eigenvalue weighted by Gasteiger charge is 2.09. The zero-order valence-electron chi connectivity index (χ0n) is 12.6. The molecule has 116 valence electrons. The maximum atomic E-state index is 11.9. The first-order valence-electron chi connectivity index (χ1n) is 7.18. The van der Waals surface area contributed by atoms with Crippen molar-refractivity contribution in [3.63, 3.8) is 0 Å². The number of amides is 1. The number of nitrogens with one attached hydrogen (secondary N) is 2. The Bertz CT molecular complexity index is 801. The summed E-state index contributed by atoms with van der Waals surface area (Å²) in [6.07, 6.45) is 0. The molecule has 0 aliphatic heterocycles. The van der Waals surface area contributed by atoms with E-state index in [1.165, 1.54) is 11.8 Å². The first-order valence-corrected chi connectivity index (χ1v) is 8.16. The summed E-state index contributed by atoms with van der Waals surface area (Å²) >= 11 is 1.30. The van der Waals surface area contributed by atoms with Crippen LogP contribution in [0.4, 0.5) is 5.69 Å². The van der Waals surface area contributed by atoms with Crippen LogP contribution in [0, 0.1) is 6.92 Å². The Balaban J connectivity index is 1.58. The summed E-state index contributed by atoms with van der Waals surface area (Å²) in [6.45, 7) is 2.03. The lowest BCUT2D eigenvalue weighted by Crippen LogP contribution is -2.13. The van der Waals surface area contributed by atoms with Crippen molar-refractivity contribution < 1.29 is 4.79 Å². The fourth-order valence-electron chi connectivity index (χ4n) is 2.08. The molecule has 0 saturated carbocycles. The van der Waals surface area contributed by atoms with Crippen LogP contribution >= 0.6 is 11.8 Å². The molecule has 5 nitrogen and oxygen atoms in total. The average Bonchev–Trinajstić information content (AvgIpc) is 3.03. The van der Waals surface area contributed by atoms with Crippen LogP contribution in [0.25, 0.3) is 11.4 Å². The van der Waals surface area contributed by atoms with E-state index in [-0.39, 0.29) is 11.7 Å². The minimum Gasteiger partial charge on any atom is -0.325 e. The number of thioether (sulfide) groups is 1. The first kappa shape index (κ1) is 15.3. The highest BCUT2D eigenvalue weighted by molar-refractivity contribution is 7.99. The number of anilines is 1. The Hall–Kier alpha value is -2.60. The fourth-order valence-corrected chi connectivity index (χ4v) is 2.68. The smallest absolute Gasteiger partial charge is 0.234 e. The van der Waals surface area contributed by atoms with E-state index in [9.17, 15) is 4.79 Å². The van der Waals surface area contributed by atoms with E-state index in [1.807, 2.05) is 61.5 Å². The molecule has 23 heavy (non-hydrogen) atoms. The van der Waals surface area contributed by atoms with Gasteiger partial charge in [-0.15, -0.1) is 5.10 Å². The van der Waals surface area contributed by atoms with Gasteiger partial charge in [0.05, 0.1) is 5.75 Å². The van der Waals surface area contributed by atoms with Gasteiger partial charge in [0, 0.05) is 11.3 Å². The summed E-state index contributed by atoms with van der Waals surface area (Å²) in [7, 11) is 0. The van der Waals surface area contributed by atoms with Crippen LogP contribution in [0.3, 0.4) is 0 Å². The van der Waals surface area contributed by atoms with E-state index in [0.717, 1.165) is 16.8 Å². The molecular formula is C17H16N4OS. The standard InChI is InChI=1S/C17H16N4OS/c1-12-6-5-7-13(10-12)16-19-17(21-20-16)23-11-15(22)18-14-8-3-2-4-9-14/h2-10H,11H2,1H3,(H,18,22)(H,19,20,21). The lowest BCUT2D eigenvalue weighted by molar-refractivity contribution is -0.113. The Morgan fingerprint density at radius 2 is 2.00 bits per heavy atom. The SMILES string of the molecule is Cc1cccc(-c2nc(SCC(=O)Nc3ccccc3)n[nH]2)c1. The third kappa shape index (κ3) is 4.20. The van der Waals surface area contributed by atoms with Gasteiger partial charge in [0.25, 0.3) is 0 Å². The molecule has 1 amide bonds. The molecule has 0 saturated heterocycles. The number of aromatic nitrogens is 3. The molecule has 0 bridgehead atoms. The van der Waals surface area contributed by atoms with E-state index in [1.54, 1.807) is 0 Å². The predicted octanol–water partition coefficient (Wildman–Crippen LogP) is 3.51. The van der Waals surface area contributed by atoms with Crippen LogP contribution < -0.4 is 5.32 Å². The number of para-hydroxylation sites is 1. The van der Waals surface area contributed by atoms with Crippen molar-refractivity contribution in [2.24, 2.45) is 0 Å². The molecule has 0 radical (unpaired) electrons. The third-order valence-electron chi connectivity index (χ3n) is 3.15. The van der Waals surface area contributed by atoms with Gasteiger partial charge in [0.15, 0.2) is 5.82 Å². The number of H-pyrrole nitrogens is 1. The van der Waals surface area contributed by atoms with E-state index in [0.29, 0.717) is 11.0 Å². The van der Waals surface area contributed by atoms with Crippen molar-refractivity contribution in [3.8, 4) is 11.4 Å². The van der Waals surface area contributed by atoms with E-state index < -0.39 is 0 Å². The van der Waals surface area contributed by atoms with Gasteiger partial charge in [-0.05, 0) is 25.1 Å². The van der Waals surface area contributed by atoms with Crippen LogP contribution in [0.2, 0.25) is 0 Å². The van der Waals surface area contributed by atoms with Crippen molar-refractivity contribution >= 4 is 23.4 Å². The molecule has 0 fully saturated rings. The molecule has 1 aromatic heterocycles. The number of carbonyl (C=O) groups is 1. The van der Waals surface area contributed by atoms with Gasteiger partial charge >= 0.3 is 0 Å². The quantitative estimate of drug-likeness (QED) is 0.705. The number of rotatable bonds is 5. The molecule has 2 aromatic carbocycles. The second-order valence-electron chi connectivity index (χ2n) is 5.04. The summed E-state index contributed by atoms with van der Waals surface area (Å²) in [5, 5.41) is 10.4. The van der Waals surface area contributed by atoms with Crippen molar-refractivity contribution in [2.75, 3.05) is 11.1 Å². The topological polar surface area (TPSA) is 70.7 Å². The maximum absolute atomic E-state index is 11.9. The van der Waals surface area contributed by atoms with Crippen LogP contribution in [0.1, 0.15) is 5.56 Å². The fraction of sp³-hybridized carbons (Fsp3) is 0.118. The van der Waals surface area contributed by atoms with Gasteiger partial charge in [-0.25, -0.2) is 4.98 Å². The predicted molar refractivity (Wildman–Crippen MR) is 92.4 cm³/mol. The Labute approximate surface area is 138 Å². The monoisotopic (exact) mass is 324 g/mol. The highest BCUT2D eigenvalue weighted by atomic mass is 32.2. The normalized spacial score (nSPS) is 10.5. The zero-order chi connectivity index (χ0) is 16.1. The molecule has 3 rings (SSSR count). The second kappa shape index (κ2) is 7.11. The lowest BCUT2D eigenvalue weighted by atomic mass is 10.1. The number of nitrogens with zero attached hydrogens (tertiary/aromatic N) is 2. The zero-order valence-corrected chi connectivity index (χ0v) is 13.4. The minimum atomic E-state index is -0.0805. The van der Waals surface area contributed by atoms with Crippen molar-refractivity contribution in [3.05, 3.63) is 60.2 Å². The molecule has 3 aromatic rings. The largest absolute Gasteiger partial charge is 0.325 e. The van der Waals surface area contributed by atoms with Gasteiger partial charge in [-0.3, -0.25) is 9.89 Å². The molecule has 6 heteroatoms. The van der Waals surface area contributed by atoms with Gasteiger partial charge in [-0.1, -0.05) is 53.7 Å². The maximum Gasteiger partial charge on any atom is 0.234 e. The summed E-state index contributed by atoms with van der Waals surface area (Å²) in [5.41, 5.74) is 2.93. The van der Waals surface area contributed by atoms with Crippen LogP contribution in [-0.4, -0.2) is 26.8 Å². The van der Waals surface area contributed by atoms with Crippen molar-refractivity contribution in [1.29, 1.82) is 0 Å². The average molecular weight is 324 g/mol. The first-order chi connectivity index (χ1) is 11.2. The van der Waals surface area contributed by atoms with Crippen molar-refractivity contribution in [2.45, 2.75) is 12.1 Å². The number of hydrogen-bond acceptors (Lipinski definition) is 4. The number of hydrogen-bond donors (Lipinski definition) is 2. The van der Waals surface area contributed by atoms with Crippen LogP contribution in [0.5, 0.6) is 0 Å². The molecular weight excluding hydrogens is 308 g/mol. The highest BCUT2D eigenvalue weighted by Crippen LogP contribution is 2.20. The Kier molecular flexibility index (Phi) is 4.73. The summed E-state index contributed by atoms with van der Waals surface area (Å²) in [6, 6.07) is 17.4. The van der Waals surface area contributed by atoms with Crippen LogP contribution in [0.15, 0.2) is 59.8 Å². The van der Waals surface area contributed by atoms with Crippen LogP contribution in [-0.2, 0) is 4.79 Å². The third-order valence-corrected chi connectivity index (χ3v) is 3.99. The van der Waals surface area contributed by atoms with Gasteiger partial charge < -0.3 is 5.32 Å². The van der Waals surface area contributed by atoms with Gasteiger partial charge in [0.2, 0.25) is 11.1 Å². The number of aromatic amines is 1. The Morgan fingerprint density at radius 1 is 1.17 bits per heavy atom. The molecule has 0 atom stereocenters. The van der Waals surface area contributed by atoms with E-state index in [4.69, 9.17) is 0 Å². The number of carbonyl (C=O) groups excluding carboxylic acids is 1. The number of aryl methyl sites for hydroxylation is 1. The summed E-state index contributed by atoms with van der Waals surface area (Å²) < 4.78 is 0. The molecule has 1 heterocycles. The molecule has 0 spiro atoms. The van der Waals surface area contributed by atoms with E-state index >= 15 is 0 Å². The summed E-state index contributed by atoms with van der Waals surface area (Å²) in [5.74, 6) is 0.891. The Morgan fingerprint density at radius 3 is 2.78 bits per heavy atom. The molecule has 0 aliphatic carbocycles. The minimum absolute atomic E-state index is 0.0805. The van der Waals surface area contributed by atoms with E-state index in [2.05, 4.69) is 20.5 Å². The lowest BCUT2D eigenvalue weighted by Gasteiger charge is -2.02. The van der Waals surface area contributed by atoms with Crippen molar-refractivity contribution in [1.82, 2.24) is 15.2 Å². The molecule has 0 unspecified atom stereocenters. The second-order valence-corrected chi connectivity index (χ2v) is 5.98. The number of benzene rings is 2. The van der Waals surface area contributed by atoms with Gasteiger partial charge in [-0.2, -0.15) is 0 Å². The van der Waals surface area contributed by atoms with Gasteiger partial charge in [0.1, 0.15) is 0 Å². The summed E-state index contributed by atoms with van der Waals surface area (Å²) in [4.78, 5) is 16.3.